The zero-order valence-electron chi connectivity index (χ0n) is 37.4. The van der Waals surface area contributed by atoms with Gasteiger partial charge in [0, 0.05) is 55.4 Å². The van der Waals surface area contributed by atoms with Crippen LogP contribution in [0, 0.1) is 0 Å². The SMILES string of the molecule is c1ccc(-c2ccc3ccc4ccc(-c5ccc(-c6ccc(-c7nc8ccccc8c8cc9c(cc78)-c7ccccc7C9(c7ccccc7)c7ccccc7)cc6)c6ncccc56)nc4c3n2)cc1. The van der Waals surface area contributed by atoms with Gasteiger partial charge in [-0.15, -0.1) is 0 Å². The molecule has 0 unspecified atom stereocenters. The van der Waals surface area contributed by atoms with Crippen LogP contribution < -0.4 is 0 Å². The molecular weight excluding hydrogens is 837 g/mol. The van der Waals surface area contributed by atoms with Gasteiger partial charge >= 0.3 is 0 Å². The normalized spacial score (nSPS) is 12.8. The van der Waals surface area contributed by atoms with Crippen molar-refractivity contribution in [1.29, 1.82) is 0 Å². The van der Waals surface area contributed by atoms with E-state index < -0.39 is 5.41 Å². The summed E-state index contributed by atoms with van der Waals surface area (Å²) in [6.07, 6.45) is 1.88. The zero-order chi connectivity index (χ0) is 45.5. The first-order valence-electron chi connectivity index (χ1n) is 23.5. The Morgan fingerprint density at radius 1 is 0.304 bits per heavy atom. The molecule has 13 aromatic rings. The van der Waals surface area contributed by atoms with E-state index in [9.17, 15) is 0 Å². The first-order chi connectivity index (χ1) is 34.2. The molecule has 1 aliphatic rings. The third-order valence-electron chi connectivity index (χ3n) is 14.4. The fraction of sp³-hybridized carbons (Fsp3) is 0.0154. The largest absolute Gasteiger partial charge is 0.256 e. The maximum Gasteiger partial charge on any atom is 0.0972 e. The maximum atomic E-state index is 5.44. The van der Waals surface area contributed by atoms with E-state index in [4.69, 9.17) is 19.9 Å². The van der Waals surface area contributed by atoms with Gasteiger partial charge in [0.25, 0.3) is 0 Å². The van der Waals surface area contributed by atoms with Gasteiger partial charge in [-0.25, -0.2) is 15.0 Å². The van der Waals surface area contributed by atoms with Crippen LogP contribution in [0.4, 0.5) is 0 Å². The Balaban J connectivity index is 0.900. The second kappa shape index (κ2) is 15.5. The van der Waals surface area contributed by atoms with Gasteiger partial charge in [0.1, 0.15) is 0 Å². The molecule has 0 bridgehead atoms. The smallest absolute Gasteiger partial charge is 0.0972 e. The van der Waals surface area contributed by atoms with Crippen molar-refractivity contribution in [2.24, 2.45) is 0 Å². The highest BCUT2D eigenvalue weighted by Gasteiger charge is 2.46. The van der Waals surface area contributed by atoms with E-state index in [2.05, 4.69) is 212 Å². The van der Waals surface area contributed by atoms with Crippen LogP contribution in [-0.4, -0.2) is 19.9 Å². The van der Waals surface area contributed by atoms with Gasteiger partial charge in [0.2, 0.25) is 0 Å². The maximum absolute atomic E-state index is 5.44. The van der Waals surface area contributed by atoms with Gasteiger partial charge in [-0.1, -0.05) is 200 Å². The molecule has 0 saturated carbocycles. The monoisotopic (exact) mass is 876 g/mol. The van der Waals surface area contributed by atoms with E-state index in [1.54, 1.807) is 0 Å². The molecule has 4 heterocycles. The number of rotatable bonds is 6. The number of fused-ring (bicyclic) bond motifs is 10. The van der Waals surface area contributed by atoms with Gasteiger partial charge in [0.15, 0.2) is 0 Å². The van der Waals surface area contributed by atoms with Crippen LogP contribution in [0.5, 0.6) is 0 Å². The van der Waals surface area contributed by atoms with Gasteiger partial charge in [-0.05, 0) is 80.7 Å². The van der Waals surface area contributed by atoms with Crippen LogP contribution >= 0.6 is 0 Å². The summed E-state index contributed by atoms with van der Waals surface area (Å²) in [4.78, 5) is 20.9. The Hall–Kier alpha value is -9.12. The molecule has 69 heavy (non-hydrogen) atoms. The lowest BCUT2D eigenvalue weighted by atomic mass is 9.67. The average Bonchev–Trinajstić information content (AvgIpc) is 3.72. The molecule has 9 aromatic carbocycles. The van der Waals surface area contributed by atoms with Gasteiger partial charge in [0.05, 0.1) is 44.6 Å². The van der Waals surface area contributed by atoms with E-state index in [0.29, 0.717) is 0 Å². The molecule has 0 amide bonds. The van der Waals surface area contributed by atoms with Crippen molar-refractivity contribution in [3.05, 3.63) is 265 Å². The quantitative estimate of drug-likeness (QED) is 0.156. The van der Waals surface area contributed by atoms with E-state index in [1.807, 2.05) is 30.5 Å². The number of hydrogen-bond donors (Lipinski definition) is 0. The van der Waals surface area contributed by atoms with Crippen LogP contribution in [0.2, 0.25) is 0 Å². The number of benzene rings is 9. The topological polar surface area (TPSA) is 51.6 Å². The molecule has 0 fully saturated rings. The molecule has 4 aromatic heterocycles. The molecule has 1 aliphatic carbocycles. The Labute approximate surface area is 398 Å². The Morgan fingerprint density at radius 3 is 1.65 bits per heavy atom. The van der Waals surface area contributed by atoms with E-state index >= 15 is 0 Å². The zero-order valence-corrected chi connectivity index (χ0v) is 37.4. The van der Waals surface area contributed by atoms with Crippen LogP contribution in [0.15, 0.2) is 243 Å². The summed E-state index contributed by atoms with van der Waals surface area (Å²) in [5, 5.41) is 6.62. The Bertz CT molecular complexity index is 4130. The molecule has 0 radical (unpaired) electrons. The molecule has 4 heteroatoms. The lowest BCUT2D eigenvalue weighted by Crippen LogP contribution is -2.28. The van der Waals surface area contributed by atoms with Crippen LogP contribution in [0.25, 0.3) is 110 Å². The van der Waals surface area contributed by atoms with Crippen molar-refractivity contribution in [2.45, 2.75) is 5.41 Å². The van der Waals surface area contributed by atoms with Gasteiger partial charge in [-0.2, -0.15) is 0 Å². The van der Waals surface area contributed by atoms with Crippen molar-refractivity contribution in [2.75, 3.05) is 0 Å². The first-order valence-corrected chi connectivity index (χ1v) is 23.5. The lowest BCUT2D eigenvalue weighted by molar-refractivity contribution is 0.769. The third-order valence-corrected chi connectivity index (χ3v) is 14.4. The van der Waals surface area contributed by atoms with Crippen molar-refractivity contribution in [3.8, 4) is 56.0 Å². The number of pyridine rings is 4. The summed E-state index contributed by atoms with van der Waals surface area (Å²) < 4.78 is 0. The molecule has 14 rings (SSSR count). The predicted octanol–water partition coefficient (Wildman–Crippen LogP) is 16.1. The minimum Gasteiger partial charge on any atom is -0.256 e. The number of para-hydroxylation sites is 1. The van der Waals surface area contributed by atoms with Gasteiger partial charge < -0.3 is 0 Å². The highest BCUT2D eigenvalue weighted by Crippen LogP contribution is 2.57. The molecule has 0 atom stereocenters. The fourth-order valence-electron chi connectivity index (χ4n) is 11.2. The molecule has 4 nitrogen and oxygen atoms in total. The molecule has 0 spiro atoms. The first kappa shape index (κ1) is 39.1. The third kappa shape index (κ3) is 6.02. The summed E-state index contributed by atoms with van der Waals surface area (Å²) in [6, 6.07) is 85.0. The summed E-state index contributed by atoms with van der Waals surface area (Å²) in [7, 11) is 0. The fourth-order valence-corrected chi connectivity index (χ4v) is 11.2. The highest BCUT2D eigenvalue weighted by molar-refractivity contribution is 6.14. The number of nitrogens with zero attached hydrogens (tertiary/aromatic N) is 4. The lowest BCUT2D eigenvalue weighted by Gasteiger charge is -2.34. The molecule has 0 saturated heterocycles. The summed E-state index contributed by atoms with van der Waals surface area (Å²) in [5.41, 5.74) is 18.8. The summed E-state index contributed by atoms with van der Waals surface area (Å²) in [5.74, 6) is 0. The molecule has 0 aliphatic heterocycles. The summed E-state index contributed by atoms with van der Waals surface area (Å²) in [6.45, 7) is 0. The molecule has 0 N–H and O–H groups in total. The average molecular weight is 877 g/mol. The number of hydrogen-bond acceptors (Lipinski definition) is 4. The van der Waals surface area contributed by atoms with Crippen LogP contribution in [-0.2, 0) is 5.41 Å². The Morgan fingerprint density at radius 2 is 0.899 bits per heavy atom. The number of aromatic nitrogens is 4. The van der Waals surface area contributed by atoms with Gasteiger partial charge in [-0.3, -0.25) is 4.98 Å². The standard InChI is InChI=1S/C65H40N4/c1-4-15-42(16-5-1)58-36-32-44-30-31-45-33-37-60(69-63(45)62(44)67-58)51-35-34-48(64-52(51)23-14-38-66-64)41-26-28-43(29-27-41)61-55-39-54-49-21-10-12-24-56(49)65(46-17-6-2-7-18-46,47-19-8-3-9-20-47)57(54)40-53(55)50-22-11-13-25-59(50)68-61/h1-40H. The Kier molecular flexibility index (Phi) is 8.77. The minimum atomic E-state index is -0.496. The van der Waals surface area contributed by atoms with Crippen molar-refractivity contribution >= 4 is 54.4 Å². The van der Waals surface area contributed by atoms with Crippen molar-refractivity contribution in [1.82, 2.24) is 19.9 Å². The predicted molar refractivity (Wildman–Crippen MR) is 284 cm³/mol. The summed E-state index contributed by atoms with van der Waals surface area (Å²) >= 11 is 0. The van der Waals surface area contributed by atoms with Crippen molar-refractivity contribution < 1.29 is 0 Å². The van der Waals surface area contributed by atoms with E-state index in [0.717, 1.165) is 93.9 Å². The second-order valence-electron chi connectivity index (χ2n) is 18.1. The van der Waals surface area contributed by atoms with Crippen LogP contribution in [0.1, 0.15) is 22.3 Å². The van der Waals surface area contributed by atoms with E-state index in [1.165, 1.54) is 38.8 Å². The molecule has 320 valence electrons. The minimum absolute atomic E-state index is 0.496. The van der Waals surface area contributed by atoms with Crippen molar-refractivity contribution in [3.63, 3.8) is 0 Å². The second-order valence-corrected chi connectivity index (χ2v) is 18.1. The van der Waals surface area contributed by atoms with Crippen LogP contribution in [0.3, 0.4) is 0 Å². The molecular formula is C65H40N4. The van der Waals surface area contributed by atoms with E-state index in [-0.39, 0.29) is 0 Å². The highest BCUT2D eigenvalue weighted by atomic mass is 14.8.